The summed E-state index contributed by atoms with van der Waals surface area (Å²) in [6, 6.07) is 12.9. The maximum atomic E-state index is 14.5. The lowest BCUT2D eigenvalue weighted by Crippen LogP contribution is -2.18. The minimum absolute atomic E-state index is 0.00499. The normalized spacial score (nSPS) is 11.8. The number of benzene rings is 2. The standard InChI is InChI=1S/C25H16ClF3N4O2/c1-14-2-7-19-17(10-14)21(22(34)20-11-31-24(35-20)18-8-9-30-13-32-18)23(25(27,28)29)33(19)12-15-3-5-16(26)6-4-15/h2-11,13H,12H2,1H3. The fraction of sp³-hybridized carbons (Fsp3) is 0.120. The van der Waals surface area contributed by atoms with Crippen LogP contribution in [0.15, 0.2) is 71.7 Å². The van der Waals surface area contributed by atoms with Gasteiger partial charge in [0.2, 0.25) is 11.7 Å². The Morgan fingerprint density at radius 3 is 2.54 bits per heavy atom. The van der Waals surface area contributed by atoms with E-state index in [0.717, 1.165) is 10.8 Å². The molecule has 2 aromatic carbocycles. The molecule has 0 atom stereocenters. The summed E-state index contributed by atoms with van der Waals surface area (Å²) >= 11 is 5.94. The van der Waals surface area contributed by atoms with Crippen LogP contribution in [0.2, 0.25) is 5.02 Å². The zero-order valence-electron chi connectivity index (χ0n) is 18.2. The van der Waals surface area contributed by atoms with Crippen molar-refractivity contribution >= 4 is 28.3 Å². The van der Waals surface area contributed by atoms with E-state index < -0.39 is 23.2 Å². The molecule has 0 fully saturated rings. The molecule has 5 aromatic rings. The van der Waals surface area contributed by atoms with Crippen LogP contribution < -0.4 is 0 Å². The third-order valence-electron chi connectivity index (χ3n) is 5.50. The molecule has 0 radical (unpaired) electrons. The molecule has 0 saturated heterocycles. The summed E-state index contributed by atoms with van der Waals surface area (Å²) in [7, 11) is 0. The number of hydrogen-bond acceptors (Lipinski definition) is 5. The van der Waals surface area contributed by atoms with E-state index in [1.807, 2.05) is 0 Å². The zero-order valence-corrected chi connectivity index (χ0v) is 18.9. The summed E-state index contributed by atoms with van der Waals surface area (Å²) < 4.78 is 50.1. The molecule has 10 heteroatoms. The van der Waals surface area contributed by atoms with Crippen LogP contribution in [0.25, 0.3) is 22.5 Å². The number of carbonyl (C=O) groups excluding carboxylic acids is 1. The number of oxazole rings is 1. The van der Waals surface area contributed by atoms with Crippen molar-refractivity contribution in [3.05, 3.63) is 100 Å². The summed E-state index contributed by atoms with van der Waals surface area (Å²) in [5.41, 5.74) is 0.340. The minimum Gasteiger partial charge on any atom is -0.431 e. The van der Waals surface area contributed by atoms with Gasteiger partial charge in [-0.15, -0.1) is 0 Å². The number of aryl methyl sites for hydroxylation is 1. The summed E-state index contributed by atoms with van der Waals surface area (Å²) in [6.07, 6.45) is -0.975. The smallest absolute Gasteiger partial charge is 0.431 e. The van der Waals surface area contributed by atoms with Crippen molar-refractivity contribution < 1.29 is 22.4 Å². The van der Waals surface area contributed by atoms with E-state index >= 15 is 0 Å². The Bertz CT molecular complexity index is 1540. The molecule has 0 aliphatic rings. The SMILES string of the molecule is Cc1ccc2c(c1)c(C(=O)c1cnc(-c3ccncn3)o1)c(C(F)(F)F)n2Cc1ccc(Cl)cc1. The summed E-state index contributed by atoms with van der Waals surface area (Å²) in [4.78, 5) is 25.3. The van der Waals surface area contributed by atoms with Crippen molar-refractivity contribution in [2.45, 2.75) is 19.6 Å². The van der Waals surface area contributed by atoms with Gasteiger partial charge in [0.25, 0.3) is 0 Å². The molecule has 3 heterocycles. The van der Waals surface area contributed by atoms with E-state index in [0.29, 0.717) is 21.8 Å². The lowest BCUT2D eigenvalue weighted by molar-refractivity contribution is -0.143. The van der Waals surface area contributed by atoms with Gasteiger partial charge < -0.3 is 8.98 Å². The molecule has 0 N–H and O–H groups in total. The van der Waals surface area contributed by atoms with Crippen LogP contribution in [0.1, 0.15) is 32.9 Å². The molecular formula is C25H16ClF3N4O2. The van der Waals surface area contributed by atoms with E-state index in [1.165, 1.54) is 18.6 Å². The monoisotopic (exact) mass is 496 g/mol. The van der Waals surface area contributed by atoms with Crippen molar-refractivity contribution in [3.8, 4) is 11.6 Å². The van der Waals surface area contributed by atoms with E-state index in [-0.39, 0.29) is 29.1 Å². The summed E-state index contributed by atoms with van der Waals surface area (Å²) in [5, 5.41) is 0.648. The first-order chi connectivity index (χ1) is 16.7. The molecule has 5 rings (SSSR count). The van der Waals surface area contributed by atoms with Crippen LogP contribution in [0.4, 0.5) is 13.2 Å². The van der Waals surface area contributed by atoms with Gasteiger partial charge in [0.1, 0.15) is 17.7 Å². The first-order valence-electron chi connectivity index (χ1n) is 10.4. The molecule has 0 saturated carbocycles. The highest BCUT2D eigenvalue weighted by atomic mass is 35.5. The molecule has 6 nitrogen and oxygen atoms in total. The summed E-state index contributed by atoms with van der Waals surface area (Å²) in [6.45, 7) is 1.64. The Morgan fingerprint density at radius 1 is 1.09 bits per heavy atom. The van der Waals surface area contributed by atoms with E-state index in [1.54, 1.807) is 49.4 Å². The summed E-state index contributed by atoms with van der Waals surface area (Å²) in [5.74, 6) is -1.24. The van der Waals surface area contributed by atoms with E-state index in [4.69, 9.17) is 16.0 Å². The number of rotatable bonds is 5. The molecule has 0 aliphatic carbocycles. The highest BCUT2D eigenvalue weighted by Gasteiger charge is 2.42. The highest BCUT2D eigenvalue weighted by Crippen LogP contribution is 2.40. The maximum absolute atomic E-state index is 14.5. The lowest BCUT2D eigenvalue weighted by atomic mass is 10.0. The molecule has 0 bridgehead atoms. The number of nitrogens with zero attached hydrogens (tertiary/aromatic N) is 4. The van der Waals surface area contributed by atoms with Crippen molar-refractivity contribution in [1.29, 1.82) is 0 Å². The Morgan fingerprint density at radius 2 is 1.86 bits per heavy atom. The number of aromatic nitrogens is 4. The molecular weight excluding hydrogens is 481 g/mol. The molecule has 0 amide bonds. The van der Waals surface area contributed by atoms with Gasteiger partial charge in [-0.2, -0.15) is 13.2 Å². The molecule has 0 spiro atoms. The topological polar surface area (TPSA) is 73.8 Å². The van der Waals surface area contributed by atoms with Crippen molar-refractivity contribution in [2.75, 3.05) is 0 Å². The number of halogens is 4. The number of ketones is 1. The van der Waals surface area contributed by atoms with Crippen LogP contribution in [0, 0.1) is 6.92 Å². The Balaban J connectivity index is 1.70. The van der Waals surface area contributed by atoms with E-state index in [9.17, 15) is 18.0 Å². The predicted octanol–water partition coefficient (Wildman–Crippen LogP) is 6.35. The molecule has 0 aliphatic heterocycles. The molecule has 35 heavy (non-hydrogen) atoms. The number of fused-ring (bicyclic) bond motifs is 1. The molecule has 0 unspecified atom stereocenters. The first kappa shape index (κ1) is 22.8. The largest absolute Gasteiger partial charge is 0.432 e. The van der Waals surface area contributed by atoms with Gasteiger partial charge in [-0.25, -0.2) is 15.0 Å². The average molecular weight is 497 g/mol. The maximum Gasteiger partial charge on any atom is 0.432 e. The van der Waals surface area contributed by atoms with Gasteiger partial charge in [0.15, 0.2) is 5.76 Å². The number of hydrogen-bond donors (Lipinski definition) is 0. The quantitative estimate of drug-likeness (QED) is 0.265. The van der Waals surface area contributed by atoms with Crippen LogP contribution in [-0.4, -0.2) is 25.3 Å². The number of alkyl halides is 3. The molecule has 3 aromatic heterocycles. The van der Waals surface area contributed by atoms with Gasteiger partial charge in [-0.05, 0) is 42.8 Å². The van der Waals surface area contributed by atoms with Crippen molar-refractivity contribution in [3.63, 3.8) is 0 Å². The Hall–Kier alpha value is -3.98. The van der Waals surface area contributed by atoms with E-state index in [2.05, 4.69) is 15.0 Å². The third kappa shape index (κ3) is 4.30. The first-order valence-corrected chi connectivity index (χ1v) is 10.8. The second-order valence-electron chi connectivity index (χ2n) is 7.91. The average Bonchev–Trinajstić information content (AvgIpc) is 3.44. The zero-order chi connectivity index (χ0) is 24.7. The van der Waals surface area contributed by atoms with Crippen LogP contribution in [0.3, 0.4) is 0 Å². The second-order valence-corrected chi connectivity index (χ2v) is 8.34. The highest BCUT2D eigenvalue weighted by molar-refractivity contribution is 6.30. The number of carbonyl (C=O) groups is 1. The minimum atomic E-state index is -4.82. The Labute approximate surface area is 202 Å². The van der Waals surface area contributed by atoms with Gasteiger partial charge >= 0.3 is 6.18 Å². The van der Waals surface area contributed by atoms with Gasteiger partial charge in [0.05, 0.1) is 11.8 Å². The fourth-order valence-electron chi connectivity index (χ4n) is 3.97. The lowest BCUT2D eigenvalue weighted by Gasteiger charge is -2.15. The van der Waals surface area contributed by atoms with Crippen molar-refractivity contribution in [2.24, 2.45) is 0 Å². The predicted molar refractivity (Wildman–Crippen MR) is 123 cm³/mol. The van der Waals surface area contributed by atoms with Gasteiger partial charge in [-0.1, -0.05) is 35.4 Å². The van der Waals surface area contributed by atoms with Gasteiger partial charge in [0, 0.05) is 28.7 Å². The Kier molecular flexibility index (Phi) is 5.64. The molecule has 176 valence electrons. The van der Waals surface area contributed by atoms with Gasteiger partial charge in [-0.3, -0.25) is 4.79 Å². The van der Waals surface area contributed by atoms with Crippen LogP contribution in [0.5, 0.6) is 0 Å². The third-order valence-corrected chi connectivity index (χ3v) is 5.75. The second kappa shape index (κ2) is 8.66. The van der Waals surface area contributed by atoms with Crippen molar-refractivity contribution in [1.82, 2.24) is 19.5 Å². The van der Waals surface area contributed by atoms with Crippen LogP contribution >= 0.6 is 11.6 Å². The fourth-order valence-corrected chi connectivity index (χ4v) is 4.09. The van der Waals surface area contributed by atoms with Crippen LogP contribution in [-0.2, 0) is 12.7 Å².